The monoisotopic (exact) mass is 425 g/mol. The minimum absolute atomic E-state index is 0.0346. The number of nitrogens with zero attached hydrogens (tertiary/aromatic N) is 1. The Morgan fingerprint density at radius 2 is 1.87 bits per heavy atom. The Morgan fingerprint density at radius 3 is 2.67 bits per heavy atom. The maximum Gasteiger partial charge on any atom is 0.223 e. The summed E-state index contributed by atoms with van der Waals surface area (Å²) in [6, 6.07) is 13.2. The molecule has 3 aromatic rings. The molecule has 0 aliphatic heterocycles. The maximum absolute atomic E-state index is 12.8. The van der Waals surface area contributed by atoms with Crippen LogP contribution in [-0.2, 0) is 40.4 Å². The highest BCUT2D eigenvalue weighted by Gasteiger charge is 2.22. The van der Waals surface area contributed by atoms with Crippen LogP contribution in [0.15, 0.2) is 51.8 Å². The molecule has 1 aliphatic rings. The van der Waals surface area contributed by atoms with Crippen LogP contribution in [0, 0.1) is 0 Å². The van der Waals surface area contributed by atoms with Gasteiger partial charge in [0.15, 0.2) is 9.84 Å². The zero-order valence-electron chi connectivity index (χ0n) is 17.5. The first-order valence-electron chi connectivity index (χ1n) is 10.5. The summed E-state index contributed by atoms with van der Waals surface area (Å²) in [5, 5.41) is 1.000. The molecule has 2 aromatic carbocycles. The van der Waals surface area contributed by atoms with Gasteiger partial charge in [0.1, 0.15) is 11.3 Å². The number of rotatable bonds is 7. The molecule has 0 N–H and O–H groups in total. The van der Waals surface area contributed by atoms with Crippen LogP contribution in [0.25, 0.3) is 11.0 Å². The van der Waals surface area contributed by atoms with E-state index < -0.39 is 9.84 Å². The van der Waals surface area contributed by atoms with Gasteiger partial charge in [-0.3, -0.25) is 4.79 Å². The summed E-state index contributed by atoms with van der Waals surface area (Å²) in [5.41, 5.74) is 4.16. The van der Waals surface area contributed by atoms with Gasteiger partial charge in [0.25, 0.3) is 0 Å². The fraction of sp³-hybridized carbons (Fsp3) is 0.375. The highest BCUT2D eigenvalue weighted by Crippen LogP contribution is 2.28. The molecule has 4 rings (SSSR count). The minimum atomic E-state index is -3.49. The number of hydrogen-bond acceptors (Lipinski definition) is 4. The van der Waals surface area contributed by atoms with E-state index in [4.69, 9.17) is 4.42 Å². The van der Waals surface area contributed by atoms with Crippen LogP contribution < -0.4 is 0 Å². The van der Waals surface area contributed by atoms with Crippen molar-refractivity contribution in [1.29, 1.82) is 0 Å². The van der Waals surface area contributed by atoms with Crippen molar-refractivity contribution in [3.05, 3.63) is 64.9 Å². The van der Waals surface area contributed by atoms with Crippen LogP contribution in [0.3, 0.4) is 0 Å². The number of hydrogen-bond donors (Lipinski definition) is 0. The molecule has 0 saturated carbocycles. The molecule has 1 amide bonds. The third-order valence-corrected chi connectivity index (χ3v) is 7.65. The van der Waals surface area contributed by atoms with Crippen molar-refractivity contribution in [3.63, 3.8) is 0 Å². The van der Waals surface area contributed by atoms with E-state index in [2.05, 4.69) is 0 Å². The van der Waals surface area contributed by atoms with Gasteiger partial charge < -0.3 is 9.32 Å². The van der Waals surface area contributed by atoms with Crippen molar-refractivity contribution < 1.29 is 17.6 Å². The lowest BCUT2D eigenvalue weighted by atomic mass is 10.1. The van der Waals surface area contributed by atoms with Crippen LogP contribution in [0.4, 0.5) is 0 Å². The van der Waals surface area contributed by atoms with Gasteiger partial charge in [-0.2, -0.15) is 0 Å². The Morgan fingerprint density at radius 1 is 1.10 bits per heavy atom. The second kappa shape index (κ2) is 8.26. The molecule has 1 heterocycles. The van der Waals surface area contributed by atoms with E-state index in [-0.39, 0.29) is 18.1 Å². The molecule has 0 bridgehead atoms. The third kappa shape index (κ3) is 4.01. The van der Waals surface area contributed by atoms with E-state index in [1.165, 1.54) is 5.56 Å². The number of amides is 1. The largest absolute Gasteiger partial charge is 0.461 e. The summed E-state index contributed by atoms with van der Waals surface area (Å²) >= 11 is 0. The van der Waals surface area contributed by atoms with Crippen LogP contribution >= 0.6 is 0 Å². The number of furan rings is 1. The van der Waals surface area contributed by atoms with E-state index in [1.54, 1.807) is 24.1 Å². The van der Waals surface area contributed by atoms with Gasteiger partial charge in [-0.05, 0) is 48.6 Å². The van der Waals surface area contributed by atoms with Gasteiger partial charge in [-0.1, -0.05) is 31.2 Å². The Kier molecular flexibility index (Phi) is 5.69. The second-order valence-corrected chi connectivity index (χ2v) is 10.1. The summed E-state index contributed by atoms with van der Waals surface area (Å²) in [4.78, 5) is 14.6. The number of carbonyl (C=O) groups excluding carboxylic acids is 1. The predicted octanol–water partition coefficient (Wildman–Crippen LogP) is 4.31. The van der Waals surface area contributed by atoms with E-state index in [0.717, 1.165) is 53.5 Å². The lowest BCUT2D eigenvalue weighted by Gasteiger charge is -2.17. The van der Waals surface area contributed by atoms with Gasteiger partial charge in [0, 0.05) is 37.4 Å². The lowest BCUT2D eigenvalue weighted by molar-refractivity contribution is -0.130. The summed E-state index contributed by atoms with van der Waals surface area (Å²) in [7, 11) is -1.77. The number of fused-ring (bicyclic) bond motifs is 2. The number of carbonyl (C=O) groups is 1. The Hall–Kier alpha value is -2.60. The van der Waals surface area contributed by atoms with Crippen molar-refractivity contribution >= 4 is 26.7 Å². The highest BCUT2D eigenvalue weighted by molar-refractivity contribution is 7.91. The fourth-order valence-electron chi connectivity index (χ4n) is 4.21. The van der Waals surface area contributed by atoms with Crippen LogP contribution in [0.1, 0.15) is 42.2 Å². The summed E-state index contributed by atoms with van der Waals surface area (Å²) in [6.45, 7) is 2.42. The van der Waals surface area contributed by atoms with Crippen LogP contribution in [0.2, 0.25) is 0 Å². The van der Waals surface area contributed by atoms with Gasteiger partial charge in [-0.15, -0.1) is 0 Å². The van der Waals surface area contributed by atoms with Gasteiger partial charge in [0.2, 0.25) is 5.91 Å². The predicted molar refractivity (Wildman–Crippen MR) is 117 cm³/mol. The molecule has 0 spiro atoms. The third-order valence-electron chi connectivity index (χ3n) is 5.94. The van der Waals surface area contributed by atoms with Crippen LogP contribution in [0.5, 0.6) is 0 Å². The average Bonchev–Trinajstić information content (AvgIpc) is 3.36. The summed E-state index contributed by atoms with van der Waals surface area (Å²) < 4.78 is 31.4. The molecule has 0 fully saturated rings. The lowest BCUT2D eigenvalue weighted by Crippen LogP contribution is -2.28. The molecule has 158 valence electrons. The Bertz CT molecular complexity index is 1190. The van der Waals surface area contributed by atoms with E-state index in [0.29, 0.717) is 11.4 Å². The molecular weight excluding hydrogens is 398 g/mol. The number of benzene rings is 2. The molecule has 0 unspecified atom stereocenters. The molecule has 6 heteroatoms. The minimum Gasteiger partial charge on any atom is -0.461 e. The van der Waals surface area contributed by atoms with Crippen molar-refractivity contribution in [3.8, 4) is 0 Å². The van der Waals surface area contributed by atoms with Crippen molar-refractivity contribution in [1.82, 2.24) is 4.90 Å². The molecule has 0 atom stereocenters. The highest BCUT2D eigenvalue weighted by atomic mass is 32.2. The quantitative estimate of drug-likeness (QED) is 0.566. The average molecular weight is 426 g/mol. The fourth-order valence-corrected chi connectivity index (χ4v) is 5.48. The van der Waals surface area contributed by atoms with Crippen molar-refractivity contribution in [2.75, 3.05) is 12.8 Å². The van der Waals surface area contributed by atoms with Gasteiger partial charge in [0.05, 0.1) is 10.6 Å². The zero-order chi connectivity index (χ0) is 21.3. The first-order valence-corrected chi connectivity index (χ1v) is 12.1. The summed E-state index contributed by atoms with van der Waals surface area (Å²) in [5.74, 6) is 0.496. The SMILES string of the molecule is CCc1oc2ccccc2c1CN(C)C(=O)CCS(=O)(=O)c1ccc2c(c1)CCC2. The van der Waals surface area contributed by atoms with E-state index in [9.17, 15) is 13.2 Å². The Balaban J connectivity index is 1.44. The van der Waals surface area contributed by atoms with Crippen LogP contribution in [-0.4, -0.2) is 32.0 Å². The first kappa shape index (κ1) is 20.7. The van der Waals surface area contributed by atoms with Crippen molar-refractivity contribution in [2.24, 2.45) is 0 Å². The summed E-state index contributed by atoms with van der Waals surface area (Å²) in [6.07, 6.45) is 3.72. The second-order valence-electron chi connectivity index (χ2n) is 7.96. The molecule has 5 nitrogen and oxygen atoms in total. The van der Waals surface area contributed by atoms with E-state index >= 15 is 0 Å². The smallest absolute Gasteiger partial charge is 0.223 e. The molecule has 1 aromatic heterocycles. The number of para-hydroxylation sites is 1. The van der Waals surface area contributed by atoms with E-state index in [1.807, 2.05) is 37.3 Å². The molecule has 0 saturated heterocycles. The molecular formula is C24H27NO4S. The van der Waals surface area contributed by atoms with Crippen molar-refractivity contribution in [2.45, 2.75) is 50.5 Å². The number of aryl methyl sites for hydroxylation is 3. The van der Waals surface area contributed by atoms with Gasteiger partial charge >= 0.3 is 0 Å². The molecule has 30 heavy (non-hydrogen) atoms. The Labute approximate surface area is 177 Å². The topological polar surface area (TPSA) is 67.6 Å². The first-order chi connectivity index (χ1) is 14.4. The number of sulfone groups is 1. The molecule has 1 aliphatic carbocycles. The molecule has 0 radical (unpaired) electrons. The van der Waals surface area contributed by atoms with Gasteiger partial charge in [-0.25, -0.2) is 8.42 Å². The normalized spacial score (nSPS) is 13.5. The maximum atomic E-state index is 12.8. The zero-order valence-corrected chi connectivity index (χ0v) is 18.3. The standard InChI is InChI=1S/C24H27NO4S/c1-3-22-21(20-9-4-5-10-23(20)29-22)16-25(2)24(26)13-14-30(27,28)19-12-11-17-7-6-8-18(17)15-19/h4-5,9-12,15H,3,6-8,13-14,16H2,1-2H3.